The van der Waals surface area contributed by atoms with Crippen molar-refractivity contribution in [2.24, 2.45) is 0 Å². The van der Waals surface area contributed by atoms with Crippen LogP contribution in [0, 0.1) is 6.92 Å². The molecule has 0 spiro atoms. The van der Waals surface area contributed by atoms with E-state index in [0.717, 1.165) is 36.3 Å². The first-order chi connectivity index (χ1) is 13.2. The van der Waals surface area contributed by atoms with Gasteiger partial charge in [-0.2, -0.15) is 5.10 Å². The molecule has 1 aliphatic carbocycles. The fourth-order valence-corrected chi connectivity index (χ4v) is 3.57. The Kier molecular flexibility index (Phi) is 4.87. The second kappa shape index (κ2) is 7.61. The lowest BCUT2D eigenvalue weighted by atomic mass is 10.1. The summed E-state index contributed by atoms with van der Waals surface area (Å²) in [7, 11) is 0. The van der Waals surface area contributed by atoms with E-state index >= 15 is 0 Å². The normalized spacial score (nSPS) is 19.0. The molecular weight excluding hydrogens is 338 g/mol. The highest BCUT2D eigenvalue weighted by molar-refractivity contribution is 5.98. The number of carbonyl (C=O) groups excluding carboxylic acids is 1. The standard InChI is InChI=1S/C21H23N5O/c1-15-10-11-20(22-14-15)24-17-7-4-8-18(17)25-21(27)16-6-2-3-9-19(16)26-13-5-12-23-26/h2-3,5-6,9-14,17-18H,4,7-8H2,1H3,(H,22,24)(H,25,27)/t17-,18-/m0/s1. The maximum atomic E-state index is 13.0. The van der Waals surface area contributed by atoms with Crippen LogP contribution < -0.4 is 10.6 Å². The molecule has 2 atom stereocenters. The summed E-state index contributed by atoms with van der Waals surface area (Å²) < 4.78 is 1.72. The minimum Gasteiger partial charge on any atom is -0.365 e. The number of hydrogen-bond acceptors (Lipinski definition) is 4. The van der Waals surface area contributed by atoms with E-state index in [0.29, 0.717) is 5.56 Å². The van der Waals surface area contributed by atoms with Gasteiger partial charge in [-0.25, -0.2) is 9.67 Å². The summed E-state index contributed by atoms with van der Waals surface area (Å²) >= 11 is 0. The van der Waals surface area contributed by atoms with Crippen molar-refractivity contribution < 1.29 is 4.79 Å². The summed E-state index contributed by atoms with van der Waals surface area (Å²) in [5.41, 5.74) is 2.54. The molecule has 1 amide bonds. The molecule has 0 saturated heterocycles. The third-order valence-electron chi connectivity index (χ3n) is 4.98. The topological polar surface area (TPSA) is 71.8 Å². The fourth-order valence-electron chi connectivity index (χ4n) is 3.57. The molecule has 3 aromatic rings. The van der Waals surface area contributed by atoms with Crippen LogP contribution in [-0.2, 0) is 0 Å². The highest BCUT2D eigenvalue weighted by Crippen LogP contribution is 2.23. The van der Waals surface area contributed by atoms with Gasteiger partial charge in [0.2, 0.25) is 0 Å². The number of nitrogens with zero attached hydrogens (tertiary/aromatic N) is 3. The Morgan fingerprint density at radius 3 is 2.74 bits per heavy atom. The zero-order chi connectivity index (χ0) is 18.6. The van der Waals surface area contributed by atoms with E-state index in [1.165, 1.54) is 0 Å². The number of nitrogens with one attached hydrogen (secondary N) is 2. The molecule has 138 valence electrons. The summed E-state index contributed by atoms with van der Waals surface area (Å²) in [5.74, 6) is 0.778. The van der Waals surface area contributed by atoms with Crippen LogP contribution in [-0.4, -0.2) is 32.8 Å². The zero-order valence-electron chi connectivity index (χ0n) is 15.3. The second-order valence-electron chi connectivity index (χ2n) is 6.95. The van der Waals surface area contributed by atoms with E-state index in [-0.39, 0.29) is 18.0 Å². The maximum Gasteiger partial charge on any atom is 0.253 e. The number of carbonyl (C=O) groups is 1. The minimum atomic E-state index is -0.0725. The lowest BCUT2D eigenvalue weighted by Crippen LogP contribution is -2.43. The van der Waals surface area contributed by atoms with Crippen LogP contribution in [0.4, 0.5) is 5.82 Å². The molecule has 0 bridgehead atoms. The van der Waals surface area contributed by atoms with Crippen LogP contribution >= 0.6 is 0 Å². The van der Waals surface area contributed by atoms with E-state index in [2.05, 4.69) is 20.7 Å². The summed E-state index contributed by atoms with van der Waals surface area (Å²) in [6, 6.07) is 13.7. The van der Waals surface area contributed by atoms with E-state index in [1.807, 2.05) is 61.8 Å². The van der Waals surface area contributed by atoms with Crippen LogP contribution in [0.15, 0.2) is 61.1 Å². The molecule has 0 aliphatic heterocycles. The lowest BCUT2D eigenvalue weighted by molar-refractivity contribution is 0.0935. The molecule has 6 nitrogen and oxygen atoms in total. The second-order valence-corrected chi connectivity index (χ2v) is 6.95. The number of rotatable bonds is 5. The predicted molar refractivity (Wildman–Crippen MR) is 105 cm³/mol. The third kappa shape index (κ3) is 3.84. The Morgan fingerprint density at radius 1 is 1.11 bits per heavy atom. The average Bonchev–Trinajstić information content (AvgIpc) is 3.36. The predicted octanol–water partition coefficient (Wildman–Crippen LogP) is 3.34. The van der Waals surface area contributed by atoms with Gasteiger partial charge in [0.1, 0.15) is 5.82 Å². The van der Waals surface area contributed by atoms with Gasteiger partial charge in [0.25, 0.3) is 5.91 Å². The Balaban J connectivity index is 1.48. The number of aromatic nitrogens is 3. The summed E-state index contributed by atoms with van der Waals surface area (Å²) in [6.07, 6.45) is 8.45. The van der Waals surface area contributed by atoms with Crippen molar-refractivity contribution in [3.05, 3.63) is 72.2 Å². The molecule has 2 N–H and O–H groups in total. The van der Waals surface area contributed by atoms with E-state index in [4.69, 9.17) is 0 Å². The molecule has 1 aliphatic rings. The largest absolute Gasteiger partial charge is 0.365 e. The van der Waals surface area contributed by atoms with Gasteiger partial charge in [0, 0.05) is 30.7 Å². The fraction of sp³-hybridized carbons (Fsp3) is 0.286. The number of hydrogen-bond donors (Lipinski definition) is 2. The summed E-state index contributed by atoms with van der Waals surface area (Å²) in [5, 5.41) is 10.9. The van der Waals surface area contributed by atoms with E-state index in [9.17, 15) is 4.79 Å². The van der Waals surface area contributed by atoms with Crippen molar-refractivity contribution >= 4 is 11.7 Å². The first-order valence-electron chi connectivity index (χ1n) is 9.30. The Bertz CT molecular complexity index is 905. The van der Waals surface area contributed by atoms with Gasteiger partial charge in [0.05, 0.1) is 11.3 Å². The number of para-hydroxylation sites is 1. The van der Waals surface area contributed by atoms with Crippen molar-refractivity contribution in [1.29, 1.82) is 0 Å². The highest BCUT2D eigenvalue weighted by atomic mass is 16.1. The van der Waals surface area contributed by atoms with E-state index < -0.39 is 0 Å². The van der Waals surface area contributed by atoms with Crippen LogP contribution in [0.3, 0.4) is 0 Å². The number of aryl methyl sites for hydroxylation is 1. The van der Waals surface area contributed by atoms with Crippen molar-refractivity contribution in [3.63, 3.8) is 0 Å². The first kappa shape index (κ1) is 17.3. The summed E-state index contributed by atoms with van der Waals surface area (Å²) in [6.45, 7) is 2.02. The lowest BCUT2D eigenvalue weighted by Gasteiger charge is -2.23. The molecule has 1 saturated carbocycles. The Labute approximate surface area is 158 Å². The number of amides is 1. The van der Waals surface area contributed by atoms with Crippen molar-refractivity contribution in [1.82, 2.24) is 20.1 Å². The van der Waals surface area contributed by atoms with Crippen molar-refractivity contribution in [3.8, 4) is 5.69 Å². The SMILES string of the molecule is Cc1ccc(N[C@H]2CCC[C@@H]2NC(=O)c2ccccc2-n2cccn2)nc1. The van der Waals surface area contributed by atoms with Gasteiger partial charge < -0.3 is 10.6 Å². The number of anilines is 1. The molecule has 0 radical (unpaired) electrons. The molecule has 1 fully saturated rings. The molecule has 4 rings (SSSR count). The molecular formula is C21H23N5O. The molecule has 27 heavy (non-hydrogen) atoms. The monoisotopic (exact) mass is 361 g/mol. The number of pyridine rings is 1. The van der Waals surface area contributed by atoms with Crippen molar-refractivity contribution in [2.45, 2.75) is 38.3 Å². The van der Waals surface area contributed by atoms with E-state index in [1.54, 1.807) is 10.9 Å². The van der Waals surface area contributed by atoms with Gasteiger partial charge in [-0.05, 0) is 56.0 Å². The Morgan fingerprint density at radius 2 is 1.96 bits per heavy atom. The minimum absolute atomic E-state index is 0.0725. The highest BCUT2D eigenvalue weighted by Gasteiger charge is 2.29. The van der Waals surface area contributed by atoms with Crippen LogP contribution in [0.5, 0.6) is 0 Å². The van der Waals surface area contributed by atoms with Gasteiger partial charge in [0.15, 0.2) is 0 Å². The van der Waals surface area contributed by atoms with Gasteiger partial charge >= 0.3 is 0 Å². The van der Waals surface area contributed by atoms with Gasteiger partial charge in [-0.15, -0.1) is 0 Å². The molecule has 2 aromatic heterocycles. The first-order valence-corrected chi connectivity index (χ1v) is 9.30. The molecule has 2 heterocycles. The van der Waals surface area contributed by atoms with Gasteiger partial charge in [-0.3, -0.25) is 4.79 Å². The number of benzene rings is 1. The van der Waals surface area contributed by atoms with Crippen molar-refractivity contribution in [2.75, 3.05) is 5.32 Å². The molecule has 1 aromatic carbocycles. The third-order valence-corrected chi connectivity index (χ3v) is 4.98. The molecule has 0 unspecified atom stereocenters. The molecule has 6 heteroatoms. The maximum absolute atomic E-state index is 13.0. The summed E-state index contributed by atoms with van der Waals surface area (Å²) in [4.78, 5) is 17.4. The zero-order valence-corrected chi connectivity index (χ0v) is 15.3. The quantitative estimate of drug-likeness (QED) is 0.731. The average molecular weight is 361 g/mol. The smallest absolute Gasteiger partial charge is 0.253 e. The van der Waals surface area contributed by atoms with Gasteiger partial charge in [-0.1, -0.05) is 18.2 Å². The van der Waals surface area contributed by atoms with Crippen LogP contribution in [0.25, 0.3) is 5.69 Å². The van der Waals surface area contributed by atoms with Crippen LogP contribution in [0.1, 0.15) is 35.2 Å². The van der Waals surface area contributed by atoms with Crippen LogP contribution in [0.2, 0.25) is 0 Å². The Hall–Kier alpha value is -3.15.